The second kappa shape index (κ2) is 6.28. The van der Waals surface area contributed by atoms with E-state index in [1.807, 2.05) is 18.4 Å². The van der Waals surface area contributed by atoms with Crippen LogP contribution in [0.1, 0.15) is 38.8 Å². The predicted molar refractivity (Wildman–Crippen MR) is 80.1 cm³/mol. The quantitative estimate of drug-likeness (QED) is 0.796. The van der Waals surface area contributed by atoms with Gasteiger partial charge in [-0.15, -0.1) is 0 Å². The number of rotatable bonds is 8. The van der Waals surface area contributed by atoms with Gasteiger partial charge >= 0.3 is 0 Å². The minimum atomic E-state index is -3.35. The zero-order valence-corrected chi connectivity index (χ0v) is 13.4. The van der Waals surface area contributed by atoms with Gasteiger partial charge in [0.05, 0.1) is 0 Å². The minimum Gasteiger partial charge on any atom is -0.349 e. The minimum absolute atomic E-state index is 0.405. The van der Waals surface area contributed by atoms with Gasteiger partial charge in [-0.2, -0.15) is 0 Å². The number of nitrogens with zero attached hydrogens (tertiary/aromatic N) is 2. The maximum absolute atomic E-state index is 12.4. The lowest BCUT2D eigenvalue weighted by atomic mass is 10.4. The Morgan fingerprint density at radius 1 is 1.40 bits per heavy atom. The Labute approximate surface area is 122 Å². The lowest BCUT2D eigenvalue weighted by molar-refractivity contribution is 0.468. The lowest BCUT2D eigenvalue weighted by Gasteiger charge is -2.14. The molecule has 114 valence electrons. The monoisotopic (exact) mass is 299 g/mol. The van der Waals surface area contributed by atoms with Gasteiger partial charge in [0.25, 0.3) is 0 Å². The molecule has 0 unspecified atom stereocenters. The molecule has 1 N–H and O–H groups in total. The van der Waals surface area contributed by atoms with Crippen LogP contribution in [-0.4, -0.2) is 36.9 Å². The van der Waals surface area contributed by atoms with E-state index < -0.39 is 10.0 Å². The van der Waals surface area contributed by atoms with E-state index in [2.05, 4.69) is 5.32 Å². The fourth-order valence-electron chi connectivity index (χ4n) is 2.26. The smallest absolute Gasteiger partial charge is 0.244 e. The molecule has 5 nitrogen and oxygen atoms in total. The third kappa shape index (κ3) is 3.42. The Balaban J connectivity index is 2.18. The molecule has 20 heavy (non-hydrogen) atoms. The summed E-state index contributed by atoms with van der Waals surface area (Å²) in [5.41, 5.74) is 1.04. The van der Waals surface area contributed by atoms with E-state index in [1.165, 1.54) is 17.1 Å². The molecule has 0 bridgehead atoms. The molecule has 1 aliphatic rings. The molecule has 0 radical (unpaired) electrons. The Morgan fingerprint density at radius 3 is 2.65 bits per heavy atom. The summed E-state index contributed by atoms with van der Waals surface area (Å²) in [5.74, 6) is 0. The molecule has 0 spiro atoms. The molecule has 1 aromatic rings. The molecule has 1 heterocycles. The molecule has 0 saturated heterocycles. The standard InChI is InChI=1S/C14H25N3O2S/c1-4-8-16(3)20(18,19)14-9-13(17(5-2)11-14)10-15-12-6-7-12/h9,11-12,15H,4-8,10H2,1-3H3. The molecule has 1 saturated carbocycles. The van der Waals surface area contributed by atoms with Crippen LogP contribution in [-0.2, 0) is 23.1 Å². The van der Waals surface area contributed by atoms with Crippen LogP contribution >= 0.6 is 0 Å². The van der Waals surface area contributed by atoms with Gasteiger partial charge in [0.2, 0.25) is 10.0 Å². The lowest BCUT2D eigenvalue weighted by Crippen LogP contribution is -2.27. The number of aryl methyl sites for hydroxylation is 1. The van der Waals surface area contributed by atoms with Gasteiger partial charge in [-0.1, -0.05) is 6.92 Å². The van der Waals surface area contributed by atoms with Crippen molar-refractivity contribution in [3.8, 4) is 0 Å². The SMILES string of the molecule is CCCN(C)S(=O)(=O)c1cc(CNC2CC2)n(CC)c1. The highest BCUT2D eigenvalue weighted by atomic mass is 32.2. The van der Waals surface area contributed by atoms with Gasteiger partial charge in [0.1, 0.15) is 4.90 Å². The molecule has 0 amide bonds. The van der Waals surface area contributed by atoms with Crippen molar-refractivity contribution in [1.29, 1.82) is 0 Å². The number of sulfonamides is 1. The molecular weight excluding hydrogens is 274 g/mol. The van der Waals surface area contributed by atoms with E-state index >= 15 is 0 Å². The molecular formula is C14H25N3O2S. The summed E-state index contributed by atoms with van der Waals surface area (Å²) in [4.78, 5) is 0.405. The summed E-state index contributed by atoms with van der Waals surface area (Å²) in [6.45, 7) is 6.09. The Kier molecular flexibility index (Phi) is 4.88. The van der Waals surface area contributed by atoms with Gasteiger partial charge in [-0.05, 0) is 32.3 Å². The van der Waals surface area contributed by atoms with Crippen molar-refractivity contribution >= 4 is 10.0 Å². The number of hydrogen-bond acceptors (Lipinski definition) is 3. The number of nitrogens with one attached hydrogen (secondary N) is 1. The predicted octanol–water partition coefficient (Wildman–Crippen LogP) is 1.79. The summed E-state index contributed by atoms with van der Waals surface area (Å²) in [6.07, 6.45) is 5.04. The highest BCUT2D eigenvalue weighted by Gasteiger charge is 2.24. The van der Waals surface area contributed by atoms with Crippen LogP contribution in [0.2, 0.25) is 0 Å². The van der Waals surface area contributed by atoms with Gasteiger partial charge in [0, 0.05) is 44.6 Å². The van der Waals surface area contributed by atoms with Crippen LogP contribution in [0.25, 0.3) is 0 Å². The molecule has 0 atom stereocenters. The van der Waals surface area contributed by atoms with E-state index in [0.29, 0.717) is 17.5 Å². The van der Waals surface area contributed by atoms with Crippen molar-refractivity contribution in [2.75, 3.05) is 13.6 Å². The second-order valence-electron chi connectivity index (χ2n) is 5.43. The summed E-state index contributed by atoms with van der Waals surface area (Å²) in [7, 11) is -1.71. The van der Waals surface area contributed by atoms with E-state index in [0.717, 1.165) is 25.2 Å². The Bertz CT molecular complexity index is 547. The van der Waals surface area contributed by atoms with Crippen molar-refractivity contribution in [1.82, 2.24) is 14.2 Å². The summed E-state index contributed by atoms with van der Waals surface area (Å²) >= 11 is 0. The third-order valence-corrected chi connectivity index (χ3v) is 5.52. The normalized spacial score (nSPS) is 16.0. The Hall–Kier alpha value is -0.850. The maximum atomic E-state index is 12.4. The molecule has 1 fully saturated rings. The van der Waals surface area contributed by atoms with Crippen molar-refractivity contribution in [2.24, 2.45) is 0 Å². The fourth-order valence-corrected chi connectivity index (χ4v) is 3.59. The van der Waals surface area contributed by atoms with Crippen LogP contribution in [0, 0.1) is 0 Å². The van der Waals surface area contributed by atoms with E-state index in [4.69, 9.17) is 0 Å². The maximum Gasteiger partial charge on any atom is 0.244 e. The van der Waals surface area contributed by atoms with Gasteiger partial charge in [-0.3, -0.25) is 0 Å². The Morgan fingerprint density at radius 2 is 2.10 bits per heavy atom. The van der Waals surface area contributed by atoms with Gasteiger partial charge in [-0.25, -0.2) is 12.7 Å². The van der Waals surface area contributed by atoms with Crippen molar-refractivity contribution in [3.63, 3.8) is 0 Å². The first kappa shape index (κ1) is 15.5. The fraction of sp³-hybridized carbons (Fsp3) is 0.714. The average Bonchev–Trinajstić information content (AvgIpc) is 3.14. The van der Waals surface area contributed by atoms with Gasteiger partial charge < -0.3 is 9.88 Å². The van der Waals surface area contributed by atoms with Crippen LogP contribution in [0.5, 0.6) is 0 Å². The van der Waals surface area contributed by atoms with Crippen LogP contribution in [0.4, 0.5) is 0 Å². The first-order chi connectivity index (χ1) is 9.48. The van der Waals surface area contributed by atoms with E-state index in [9.17, 15) is 8.42 Å². The number of aromatic nitrogens is 1. The first-order valence-corrected chi connectivity index (χ1v) is 8.81. The highest BCUT2D eigenvalue weighted by molar-refractivity contribution is 7.89. The van der Waals surface area contributed by atoms with Crippen molar-refractivity contribution in [3.05, 3.63) is 18.0 Å². The molecule has 0 aromatic carbocycles. The first-order valence-electron chi connectivity index (χ1n) is 7.37. The summed E-state index contributed by atoms with van der Waals surface area (Å²) in [5, 5.41) is 3.44. The second-order valence-corrected chi connectivity index (χ2v) is 7.48. The zero-order chi connectivity index (χ0) is 14.8. The zero-order valence-electron chi connectivity index (χ0n) is 12.6. The van der Waals surface area contributed by atoms with E-state index in [-0.39, 0.29) is 0 Å². The van der Waals surface area contributed by atoms with Crippen molar-refractivity contribution < 1.29 is 8.42 Å². The van der Waals surface area contributed by atoms with Crippen LogP contribution in [0.3, 0.4) is 0 Å². The number of hydrogen-bond donors (Lipinski definition) is 1. The largest absolute Gasteiger partial charge is 0.349 e. The molecule has 0 aliphatic heterocycles. The average molecular weight is 299 g/mol. The van der Waals surface area contributed by atoms with Crippen molar-refractivity contribution in [2.45, 2.75) is 57.1 Å². The summed E-state index contributed by atoms with van der Waals surface area (Å²) < 4.78 is 28.3. The van der Waals surface area contributed by atoms with Gasteiger partial charge in [0.15, 0.2) is 0 Å². The molecule has 6 heteroatoms. The highest BCUT2D eigenvalue weighted by Crippen LogP contribution is 2.22. The van der Waals surface area contributed by atoms with Crippen LogP contribution in [0.15, 0.2) is 17.2 Å². The topological polar surface area (TPSA) is 54.3 Å². The third-order valence-electron chi connectivity index (χ3n) is 3.70. The molecule has 2 rings (SSSR count). The summed E-state index contributed by atoms with van der Waals surface area (Å²) in [6, 6.07) is 2.43. The molecule has 1 aliphatic carbocycles. The van der Waals surface area contributed by atoms with E-state index in [1.54, 1.807) is 19.3 Å². The molecule has 1 aromatic heterocycles. The van der Waals surface area contributed by atoms with Crippen LogP contribution < -0.4 is 5.32 Å².